The average molecular weight is 604 g/mol. The Morgan fingerprint density at radius 2 is 1.69 bits per heavy atom. The molecule has 5 rings (SSSR count). The van der Waals surface area contributed by atoms with Gasteiger partial charge in [0, 0.05) is 36.7 Å². The number of amides is 2. The summed E-state index contributed by atoms with van der Waals surface area (Å²) in [6, 6.07) is 24.4. The molecule has 0 unspecified atom stereocenters. The number of aromatic nitrogens is 3. The van der Waals surface area contributed by atoms with E-state index >= 15 is 0 Å². The van der Waals surface area contributed by atoms with Crippen molar-refractivity contribution < 1.29 is 9.59 Å². The fourth-order valence-electron chi connectivity index (χ4n) is 4.17. The zero-order chi connectivity index (χ0) is 27.4. The molecule has 10 heteroatoms. The van der Waals surface area contributed by atoms with E-state index in [2.05, 4.69) is 37.0 Å². The Kier molecular flexibility index (Phi) is 7.90. The van der Waals surface area contributed by atoms with Gasteiger partial charge in [0.25, 0.3) is 5.91 Å². The molecule has 0 atom stereocenters. The highest BCUT2D eigenvalue weighted by Crippen LogP contribution is 2.30. The highest BCUT2D eigenvalue weighted by molar-refractivity contribution is 9.10. The van der Waals surface area contributed by atoms with E-state index in [1.807, 2.05) is 54.6 Å². The summed E-state index contributed by atoms with van der Waals surface area (Å²) >= 11 is 9.98. The van der Waals surface area contributed by atoms with Crippen molar-refractivity contribution in [2.24, 2.45) is 0 Å². The van der Waals surface area contributed by atoms with Gasteiger partial charge >= 0.3 is 0 Å². The molecule has 0 radical (unpaired) electrons. The van der Waals surface area contributed by atoms with Crippen LogP contribution in [0.2, 0.25) is 5.02 Å². The third-order valence-corrected chi connectivity index (χ3v) is 6.87. The zero-order valence-electron chi connectivity index (χ0n) is 20.9. The maximum Gasteiger partial charge on any atom is 0.253 e. The van der Waals surface area contributed by atoms with Crippen LogP contribution < -0.4 is 16.0 Å². The number of rotatable bonds is 8. The molecule has 8 nitrogen and oxygen atoms in total. The Morgan fingerprint density at radius 3 is 2.49 bits per heavy atom. The van der Waals surface area contributed by atoms with E-state index in [-0.39, 0.29) is 11.8 Å². The Bertz CT molecular complexity index is 1690. The molecule has 2 heterocycles. The predicted molar refractivity (Wildman–Crippen MR) is 157 cm³/mol. The minimum Gasteiger partial charge on any atom is -0.366 e. The van der Waals surface area contributed by atoms with Gasteiger partial charge in [-0.05, 0) is 45.3 Å². The Morgan fingerprint density at radius 1 is 0.949 bits per heavy atom. The van der Waals surface area contributed by atoms with Crippen molar-refractivity contribution in [2.45, 2.75) is 20.0 Å². The van der Waals surface area contributed by atoms with Crippen molar-refractivity contribution in [1.29, 1.82) is 0 Å². The molecular formula is C29H24BrClN6O2. The van der Waals surface area contributed by atoms with Gasteiger partial charge in [0.15, 0.2) is 5.65 Å². The van der Waals surface area contributed by atoms with Crippen LogP contribution in [0.15, 0.2) is 89.5 Å². The second-order valence-corrected chi connectivity index (χ2v) is 10.1. The highest BCUT2D eigenvalue weighted by Gasteiger charge is 2.14. The van der Waals surface area contributed by atoms with Crippen molar-refractivity contribution in [2.75, 3.05) is 10.6 Å². The Balaban J connectivity index is 1.31. The number of fused-ring (bicyclic) bond motifs is 1. The largest absolute Gasteiger partial charge is 0.366 e. The zero-order valence-corrected chi connectivity index (χ0v) is 23.3. The SMILES string of the molecule is CC(=O)Nc1ccccc1C(=O)NCc1cccc(CNc2cc(-c3ccccc3Cl)nc3c(Br)cnn23)c1. The van der Waals surface area contributed by atoms with Crippen LogP contribution in [-0.4, -0.2) is 26.4 Å². The minimum atomic E-state index is -0.265. The number of hydrogen-bond acceptors (Lipinski definition) is 5. The van der Waals surface area contributed by atoms with Gasteiger partial charge in [-0.3, -0.25) is 9.59 Å². The summed E-state index contributed by atoms with van der Waals surface area (Å²) in [5.41, 5.74) is 5.08. The summed E-state index contributed by atoms with van der Waals surface area (Å²) in [6.07, 6.45) is 1.71. The fraction of sp³-hybridized carbons (Fsp3) is 0.103. The highest BCUT2D eigenvalue weighted by atomic mass is 79.9. The van der Waals surface area contributed by atoms with Crippen LogP contribution in [-0.2, 0) is 17.9 Å². The number of anilines is 2. The number of halogens is 2. The van der Waals surface area contributed by atoms with E-state index in [0.29, 0.717) is 35.0 Å². The van der Waals surface area contributed by atoms with Gasteiger partial charge in [-0.1, -0.05) is 66.2 Å². The number of carbonyl (C=O) groups excluding carboxylic acids is 2. The van der Waals surface area contributed by atoms with Gasteiger partial charge in [-0.2, -0.15) is 9.61 Å². The molecule has 5 aromatic rings. The molecule has 2 amide bonds. The number of hydrogen-bond donors (Lipinski definition) is 3. The lowest BCUT2D eigenvalue weighted by molar-refractivity contribution is -0.114. The molecule has 0 fully saturated rings. The molecule has 0 saturated carbocycles. The predicted octanol–water partition coefficient (Wildman–Crippen LogP) is 6.31. The van der Waals surface area contributed by atoms with Crippen LogP contribution in [0.4, 0.5) is 11.5 Å². The van der Waals surface area contributed by atoms with E-state index in [9.17, 15) is 9.59 Å². The van der Waals surface area contributed by atoms with Gasteiger partial charge in [0.2, 0.25) is 5.91 Å². The Hall–Kier alpha value is -4.21. The molecule has 0 aliphatic heterocycles. The van der Waals surface area contributed by atoms with Crippen LogP contribution >= 0.6 is 27.5 Å². The number of para-hydroxylation sites is 1. The Labute approximate surface area is 238 Å². The first kappa shape index (κ1) is 26.4. The van der Waals surface area contributed by atoms with E-state index in [1.54, 1.807) is 35.0 Å². The number of benzene rings is 3. The first-order chi connectivity index (χ1) is 18.9. The first-order valence-corrected chi connectivity index (χ1v) is 13.3. The molecular weight excluding hydrogens is 580 g/mol. The summed E-state index contributed by atoms with van der Waals surface area (Å²) in [5, 5.41) is 14.2. The molecule has 3 N–H and O–H groups in total. The molecule has 2 aromatic heterocycles. The van der Waals surface area contributed by atoms with Crippen molar-refractivity contribution in [1.82, 2.24) is 19.9 Å². The molecule has 39 heavy (non-hydrogen) atoms. The maximum atomic E-state index is 12.8. The van der Waals surface area contributed by atoms with E-state index in [4.69, 9.17) is 16.6 Å². The van der Waals surface area contributed by atoms with E-state index < -0.39 is 0 Å². The maximum absolute atomic E-state index is 12.8. The number of nitrogens with zero attached hydrogens (tertiary/aromatic N) is 3. The second kappa shape index (κ2) is 11.7. The summed E-state index contributed by atoms with van der Waals surface area (Å²) in [4.78, 5) is 29.0. The lowest BCUT2D eigenvalue weighted by Gasteiger charge is -2.13. The molecule has 0 spiro atoms. The normalized spacial score (nSPS) is 10.8. The first-order valence-electron chi connectivity index (χ1n) is 12.1. The monoisotopic (exact) mass is 602 g/mol. The quantitative estimate of drug-likeness (QED) is 0.193. The van der Waals surface area contributed by atoms with E-state index in [1.165, 1.54) is 6.92 Å². The van der Waals surface area contributed by atoms with Crippen LogP contribution in [0.3, 0.4) is 0 Å². The third kappa shape index (κ3) is 6.10. The molecule has 3 aromatic carbocycles. The van der Waals surface area contributed by atoms with Gasteiger partial charge in [0.1, 0.15) is 5.82 Å². The summed E-state index contributed by atoms with van der Waals surface area (Å²) in [5.74, 6) is 0.260. The molecule has 0 bridgehead atoms. The van der Waals surface area contributed by atoms with Crippen LogP contribution in [0.1, 0.15) is 28.4 Å². The summed E-state index contributed by atoms with van der Waals surface area (Å²) in [6.45, 7) is 2.27. The van der Waals surface area contributed by atoms with Gasteiger partial charge in [-0.15, -0.1) is 0 Å². The lowest BCUT2D eigenvalue weighted by Crippen LogP contribution is -2.24. The van der Waals surface area contributed by atoms with Crippen LogP contribution in [0.5, 0.6) is 0 Å². The van der Waals surface area contributed by atoms with Crippen molar-refractivity contribution >= 4 is 56.5 Å². The topological polar surface area (TPSA) is 100 Å². The molecule has 0 aliphatic rings. The second-order valence-electron chi connectivity index (χ2n) is 8.82. The number of nitrogens with one attached hydrogen (secondary N) is 3. The van der Waals surface area contributed by atoms with Crippen LogP contribution in [0.25, 0.3) is 16.9 Å². The smallest absolute Gasteiger partial charge is 0.253 e. The standard InChI is InChI=1S/C29H24BrClN6O2/c1-18(38)35-25-12-5-3-10-22(25)29(39)33-16-20-8-6-7-19(13-20)15-32-27-14-26(21-9-2-4-11-24(21)31)36-28-23(30)17-34-37(27)28/h2-14,17,32H,15-16H2,1H3,(H,33,39)(H,35,38). The summed E-state index contributed by atoms with van der Waals surface area (Å²) < 4.78 is 2.51. The molecule has 196 valence electrons. The van der Waals surface area contributed by atoms with E-state index in [0.717, 1.165) is 32.7 Å². The molecule has 0 saturated heterocycles. The van der Waals surface area contributed by atoms with Crippen molar-refractivity contribution in [3.05, 3.63) is 111 Å². The van der Waals surface area contributed by atoms with Crippen molar-refractivity contribution in [3.63, 3.8) is 0 Å². The summed E-state index contributed by atoms with van der Waals surface area (Å²) in [7, 11) is 0. The average Bonchev–Trinajstić information content (AvgIpc) is 3.31. The fourth-order valence-corrected chi connectivity index (χ4v) is 4.75. The van der Waals surface area contributed by atoms with Gasteiger partial charge < -0.3 is 16.0 Å². The van der Waals surface area contributed by atoms with Crippen molar-refractivity contribution in [3.8, 4) is 11.3 Å². The van der Waals surface area contributed by atoms with Gasteiger partial charge in [-0.25, -0.2) is 4.98 Å². The lowest BCUT2D eigenvalue weighted by atomic mass is 10.1. The van der Waals surface area contributed by atoms with Gasteiger partial charge in [0.05, 0.1) is 27.6 Å². The third-order valence-electron chi connectivity index (χ3n) is 5.98. The van der Waals surface area contributed by atoms with Crippen LogP contribution in [0, 0.1) is 0 Å². The number of carbonyl (C=O) groups is 2. The molecule has 0 aliphatic carbocycles. The minimum absolute atomic E-state index is 0.233.